The maximum Gasteiger partial charge on any atom is 0.324 e. The van der Waals surface area contributed by atoms with Gasteiger partial charge in [0, 0.05) is 11.0 Å². The van der Waals surface area contributed by atoms with E-state index in [2.05, 4.69) is 15.9 Å². The van der Waals surface area contributed by atoms with Crippen LogP contribution in [0.1, 0.15) is 26.2 Å². The molecule has 0 N–H and O–H groups in total. The van der Waals surface area contributed by atoms with Crippen molar-refractivity contribution in [1.82, 2.24) is 4.31 Å². The van der Waals surface area contributed by atoms with Crippen LogP contribution in [-0.2, 0) is 19.6 Å². The number of rotatable bonds is 4. The molecule has 0 saturated carbocycles. The molecular weight excluding hydrogens is 394 g/mol. The summed E-state index contributed by atoms with van der Waals surface area (Å²) in [6, 6.07) is 3.80. The molecule has 1 aromatic carbocycles. The fourth-order valence-corrected chi connectivity index (χ4v) is 5.14. The van der Waals surface area contributed by atoms with Crippen LogP contribution in [0, 0.1) is 0 Å². The zero-order valence-corrected chi connectivity index (χ0v) is 15.2. The molecule has 1 atom stereocenters. The Bertz CT molecular complexity index is 665. The highest BCUT2D eigenvalue weighted by atomic mass is 79.9. The lowest BCUT2D eigenvalue weighted by Crippen LogP contribution is -2.48. The van der Waals surface area contributed by atoms with Crippen molar-refractivity contribution in [3.05, 3.63) is 27.7 Å². The van der Waals surface area contributed by atoms with E-state index in [4.69, 9.17) is 16.3 Å². The van der Waals surface area contributed by atoms with Crippen LogP contribution in [0.2, 0.25) is 5.02 Å². The van der Waals surface area contributed by atoms with Crippen LogP contribution in [0.3, 0.4) is 0 Å². The van der Waals surface area contributed by atoms with Crippen molar-refractivity contribution in [2.45, 2.75) is 37.1 Å². The normalized spacial score (nSPS) is 19.9. The maximum absolute atomic E-state index is 12.9. The van der Waals surface area contributed by atoms with Crippen LogP contribution in [0.4, 0.5) is 0 Å². The topological polar surface area (TPSA) is 63.7 Å². The highest BCUT2D eigenvalue weighted by Crippen LogP contribution is 2.31. The van der Waals surface area contributed by atoms with Crippen LogP contribution < -0.4 is 0 Å². The molecule has 1 fully saturated rings. The summed E-state index contributed by atoms with van der Waals surface area (Å²) in [6.07, 6.45) is 1.97. The predicted molar refractivity (Wildman–Crippen MR) is 87.3 cm³/mol. The van der Waals surface area contributed by atoms with E-state index in [1.807, 2.05) is 0 Å². The second-order valence-corrected chi connectivity index (χ2v) is 8.14. The largest absolute Gasteiger partial charge is 0.465 e. The Morgan fingerprint density at radius 3 is 2.82 bits per heavy atom. The van der Waals surface area contributed by atoms with Crippen LogP contribution in [-0.4, -0.2) is 37.9 Å². The van der Waals surface area contributed by atoms with Crippen molar-refractivity contribution in [3.8, 4) is 0 Å². The third kappa shape index (κ3) is 3.64. The Kier molecular flexibility index (Phi) is 5.87. The van der Waals surface area contributed by atoms with Crippen molar-refractivity contribution >= 4 is 43.5 Å². The van der Waals surface area contributed by atoms with E-state index >= 15 is 0 Å². The molecule has 0 radical (unpaired) electrons. The fourth-order valence-electron chi connectivity index (χ4n) is 2.48. The zero-order chi connectivity index (χ0) is 16.3. The number of esters is 1. The molecule has 0 bridgehead atoms. The van der Waals surface area contributed by atoms with Crippen molar-refractivity contribution in [2.24, 2.45) is 0 Å². The quantitative estimate of drug-likeness (QED) is 0.715. The number of ether oxygens (including phenoxy) is 1. The number of carbonyl (C=O) groups is 1. The number of piperidine rings is 1. The summed E-state index contributed by atoms with van der Waals surface area (Å²) in [5.74, 6) is -0.501. The summed E-state index contributed by atoms with van der Waals surface area (Å²) >= 11 is 9.32. The standard InChI is InChI=1S/C14H17BrClNO4S/c1-2-21-14(18)12-5-3-4-8-17(12)22(19,20)13-7-6-10(15)9-11(13)16/h6-7,9,12H,2-5,8H2,1H3. The highest BCUT2D eigenvalue weighted by molar-refractivity contribution is 9.10. The van der Waals surface area contributed by atoms with Gasteiger partial charge in [-0.05, 0) is 44.4 Å². The molecule has 1 heterocycles. The van der Waals surface area contributed by atoms with Crippen molar-refractivity contribution < 1.29 is 17.9 Å². The smallest absolute Gasteiger partial charge is 0.324 e. The Hall–Kier alpha value is -0.630. The SMILES string of the molecule is CCOC(=O)C1CCCCN1S(=O)(=O)c1ccc(Br)cc1Cl. The molecule has 1 aromatic rings. The molecule has 122 valence electrons. The first-order chi connectivity index (χ1) is 10.4. The van der Waals surface area contributed by atoms with Crippen molar-refractivity contribution in [2.75, 3.05) is 13.2 Å². The van der Waals surface area contributed by atoms with E-state index in [0.717, 1.165) is 6.42 Å². The number of hydrogen-bond acceptors (Lipinski definition) is 4. The first-order valence-corrected chi connectivity index (χ1v) is 9.62. The van der Waals surface area contributed by atoms with E-state index in [9.17, 15) is 13.2 Å². The molecule has 1 saturated heterocycles. The molecule has 5 nitrogen and oxygen atoms in total. The summed E-state index contributed by atoms with van der Waals surface area (Å²) in [5, 5.41) is 0.127. The monoisotopic (exact) mass is 409 g/mol. The first-order valence-electron chi connectivity index (χ1n) is 7.01. The van der Waals surface area contributed by atoms with Gasteiger partial charge < -0.3 is 4.74 Å². The lowest BCUT2D eigenvalue weighted by atomic mass is 10.1. The summed E-state index contributed by atoms with van der Waals surface area (Å²) in [6.45, 7) is 2.21. The Labute approximate surface area is 143 Å². The van der Waals surface area contributed by atoms with Gasteiger partial charge in [-0.25, -0.2) is 8.42 Å². The van der Waals surface area contributed by atoms with Crippen molar-refractivity contribution in [1.29, 1.82) is 0 Å². The molecule has 2 rings (SSSR count). The fraction of sp³-hybridized carbons (Fsp3) is 0.500. The van der Waals surface area contributed by atoms with Gasteiger partial charge in [-0.1, -0.05) is 27.5 Å². The lowest BCUT2D eigenvalue weighted by molar-refractivity contribution is -0.148. The van der Waals surface area contributed by atoms with Gasteiger partial charge in [-0.15, -0.1) is 0 Å². The lowest BCUT2D eigenvalue weighted by Gasteiger charge is -2.33. The predicted octanol–water partition coefficient (Wildman–Crippen LogP) is 3.21. The summed E-state index contributed by atoms with van der Waals surface area (Å²) in [4.78, 5) is 12.1. The second kappa shape index (κ2) is 7.29. The van der Waals surface area contributed by atoms with Gasteiger partial charge in [0.25, 0.3) is 0 Å². The molecular formula is C14H17BrClNO4S. The first kappa shape index (κ1) is 17.7. The number of sulfonamides is 1. The van der Waals surface area contributed by atoms with E-state index in [1.165, 1.54) is 16.4 Å². The minimum atomic E-state index is -3.84. The van der Waals surface area contributed by atoms with Crippen LogP contribution in [0.5, 0.6) is 0 Å². The average molecular weight is 411 g/mol. The maximum atomic E-state index is 12.9. The van der Waals surface area contributed by atoms with Gasteiger partial charge in [0.05, 0.1) is 11.6 Å². The molecule has 0 spiro atoms. The van der Waals surface area contributed by atoms with Gasteiger partial charge in [0.1, 0.15) is 10.9 Å². The Morgan fingerprint density at radius 2 is 2.18 bits per heavy atom. The summed E-state index contributed by atoms with van der Waals surface area (Å²) in [5.41, 5.74) is 0. The average Bonchev–Trinajstić information content (AvgIpc) is 2.47. The molecule has 1 unspecified atom stereocenters. The number of hydrogen-bond donors (Lipinski definition) is 0. The van der Waals surface area contributed by atoms with E-state index < -0.39 is 22.0 Å². The third-order valence-electron chi connectivity index (χ3n) is 3.49. The van der Waals surface area contributed by atoms with Crippen LogP contribution in [0.25, 0.3) is 0 Å². The highest BCUT2D eigenvalue weighted by Gasteiger charge is 2.39. The molecule has 0 aliphatic carbocycles. The minimum absolute atomic E-state index is 0.00793. The zero-order valence-electron chi connectivity index (χ0n) is 12.1. The van der Waals surface area contributed by atoms with Gasteiger partial charge >= 0.3 is 5.97 Å². The van der Waals surface area contributed by atoms with Crippen LogP contribution >= 0.6 is 27.5 Å². The van der Waals surface area contributed by atoms with E-state index in [1.54, 1.807) is 13.0 Å². The Balaban J connectivity index is 2.38. The number of carbonyl (C=O) groups excluding carboxylic acids is 1. The number of nitrogens with zero attached hydrogens (tertiary/aromatic N) is 1. The van der Waals surface area contributed by atoms with E-state index in [-0.39, 0.29) is 23.1 Å². The van der Waals surface area contributed by atoms with Gasteiger partial charge in [-0.2, -0.15) is 4.31 Å². The molecule has 0 amide bonds. The summed E-state index contributed by atoms with van der Waals surface area (Å²) < 4.78 is 32.6. The van der Waals surface area contributed by atoms with Crippen LogP contribution in [0.15, 0.2) is 27.6 Å². The second-order valence-electron chi connectivity index (χ2n) is 4.95. The van der Waals surface area contributed by atoms with Gasteiger partial charge in [-0.3, -0.25) is 4.79 Å². The number of halogens is 2. The molecule has 1 aliphatic rings. The van der Waals surface area contributed by atoms with Crippen molar-refractivity contribution in [3.63, 3.8) is 0 Å². The van der Waals surface area contributed by atoms with E-state index in [0.29, 0.717) is 17.3 Å². The molecule has 0 aromatic heterocycles. The van der Waals surface area contributed by atoms with Gasteiger partial charge in [0.2, 0.25) is 10.0 Å². The summed E-state index contributed by atoms with van der Waals surface area (Å²) in [7, 11) is -3.84. The molecule has 8 heteroatoms. The minimum Gasteiger partial charge on any atom is -0.465 e. The Morgan fingerprint density at radius 1 is 1.45 bits per heavy atom. The van der Waals surface area contributed by atoms with Gasteiger partial charge in [0.15, 0.2) is 0 Å². The number of benzene rings is 1. The molecule has 1 aliphatic heterocycles. The molecule has 22 heavy (non-hydrogen) atoms. The third-order valence-corrected chi connectivity index (χ3v) is 6.38.